The summed E-state index contributed by atoms with van der Waals surface area (Å²) in [7, 11) is 0. The standard InChI is InChI=1S/C7H8.C5H10O/c1-7-5-3-2-4-6-7;1-3-4-5(2)6/h2-6H,1H3;3-4H2,1-2H3. The molecule has 1 aromatic carbocycles. The predicted molar refractivity (Wildman–Crippen MR) is 56.8 cm³/mol. The monoisotopic (exact) mass is 178 g/mol. The molecule has 0 radical (unpaired) electrons. The Kier molecular flexibility index (Phi) is 6.89. The van der Waals surface area contributed by atoms with Crippen molar-refractivity contribution in [3.63, 3.8) is 0 Å². The molecule has 0 saturated carbocycles. The van der Waals surface area contributed by atoms with E-state index in [1.807, 2.05) is 25.1 Å². The Labute approximate surface area is 80.8 Å². The van der Waals surface area contributed by atoms with E-state index in [1.54, 1.807) is 6.92 Å². The summed E-state index contributed by atoms with van der Waals surface area (Å²) < 4.78 is 0. The first-order valence-electron chi connectivity index (χ1n) is 4.68. The Hall–Kier alpha value is -1.11. The highest BCUT2D eigenvalue weighted by atomic mass is 16.1. The minimum absolute atomic E-state index is 0.289. The first-order valence-corrected chi connectivity index (χ1v) is 4.68. The maximum absolute atomic E-state index is 10.0. The fourth-order valence-electron chi connectivity index (χ4n) is 0.886. The maximum Gasteiger partial charge on any atom is 0.129 e. The molecule has 13 heavy (non-hydrogen) atoms. The third kappa shape index (κ3) is 8.80. The molecule has 72 valence electrons. The van der Waals surface area contributed by atoms with Crippen LogP contribution in [0.2, 0.25) is 0 Å². The van der Waals surface area contributed by atoms with Crippen LogP contribution in [-0.4, -0.2) is 5.78 Å². The summed E-state index contributed by atoms with van der Waals surface area (Å²) in [5.41, 5.74) is 1.32. The summed E-state index contributed by atoms with van der Waals surface area (Å²) >= 11 is 0. The van der Waals surface area contributed by atoms with Crippen LogP contribution in [-0.2, 0) is 4.79 Å². The van der Waals surface area contributed by atoms with Crippen LogP contribution in [0.4, 0.5) is 0 Å². The van der Waals surface area contributed by atoms with Crippen molar-refractivity contribution in [2.75, 3.05) is 0 Å². The Morgan fingerprint density at radius 1 is 1.23 bits per heavy atom. The number of Topliss-reactive ketones (excluding diaryl/α,β-unsaturated/α-hetero) is 1. The van der Waals surface area contributed by atoms with Gasteiger partial charge in [-0.25, -0.2) is 0 Å². The van der Waals surface area contributed by atoms with Crippen molar-refractivity contribution < 1.29 is 4.79 Å². The third-order valence-electron chi connectivity index (χ3n) is 1.54. The summed E-state index contributed by atoms with van der Waals surface area (Å²) in [6, 6.07) is 10.3. The van der Waals surface area contributed by atoms with Crippen molar-refractivity contribution in [1.82, 2.24) is 0 Å². The van der Waals surface area contributed by atoms with Crippen LogP contribution < -0.4 is 0 Å². The maximum atomic E-state index is 10.0. The summed E-state index contributed by atoms with van der Waals surface area (Å²) in [5.74, 6) is 0.289. The zero-order chi connectivity index (χ0) is 10.1. The fourth-order valence-corrected chi connectivity index (χ4v) is 0.886. The minimum atomic E-state index is 0.289. The number of hydrogen-bond donors (Lipinski definition) is 0. The molecule has 0 N–H and O–H groups in total. The lowest BCUT2D eigenvalue weighted by atomic mass is 10.2. The van der Waals surface area contributed by atoms with Gasteiger partial charge in [-0.3, -0.25) is 0 Å². The zero-order valence-electron chi connectivity index (χ0n) is 8.71. The SMILES string of the molecule is CCCC(C)=O.Cc1ccccc1. The Balaban J connectivity index is 0.000000226. The van der Waals surface area contributed by atoms with Crippen LogP contribution in [0.25, 0.3) is 0 Å². The molecule has 0 aliphatic rings. The van der Waals surface area contributed by atoms with Crippen LogP contribution in [0.3, 0.4) is 0 Å². The molecule has 1 rings (SSSR count). The molecule has 0 unspecified atom stereocenters. The van der Waals surface area contributed by atoms with E-state index in [0.717, 1.165) is 12.8 Å². The van der Waals surface area contributed by atoms with Gasteiger partial charge in [0.15, 0.2) is 0 Å². The van der Waals surface area contributed by atoms with Gasteiger partial charge in [0.2, 0.25) is 0 Å². The number of aryl methyl sites for hydroxylation is 1. The van der Waals surface area contributed by atoms with Crippen molar-refractivity contribution in [1.29, 1.82) is 0 Å². The van der Waals surface area contributed by atoms with Gasteiger partial charge in [-0.2, -0.15) is 0 Å². The van der Waals surface area contributed by atoms with Gasteiger partial charge in [0, 0.05) is 6.42 Å². The average Bonchev–Trinajstić information content (AvgIpc) is 2.06. The highest BCUT2D eigenvalue weighted by Crippen LogP contribution is 1.92. The van der Waals surface area contributed by atoms with Gasteiger partial charge in [0.1, 0.15) is 5.78 Å². The number of benzene rings is 1. The van der Waals surface area contributed by atoms with Crippen LogP contribution in [0, 0.1) is 6.92 Å². The van der Waals surface area contributed by atoms with E-state index in [1.165, 1.54) is 5.56 Å². The van der Waals surface area contributed by atoms with E-state index in [9.17, 15) is 4.79 Å². The van der Waals surface area contributed by atoms with Crippen molar-refractivity contribution in [3.8, 4) is 0 Å². The lowest BCUT2D eigenvalue weighted by molar-refractivity contribution is -0.117. The van der Waals surface area contributed by atoms with E-state index >= 15 is 0 Å². The van der Waals surface area contributed by atoms with Crippen LogP contribution in [0.15, 0.2) is 30.3 Å². The minimum Gasteiger partial charge on any atom is -0.300 e. The highest BCUT2D eigenvalue weighted by molar-refractivity contribution is 5.75. The molecule has 0 bridgehead atoms. The van der Waals surface area contributed by atoms with E-state index in [2.05, 4.69) is 19.1 Å². The molecule has 0 atom stereocenters. The molecule has 0 amide bonds. The fraction of sp³-hybridized carbons (Fsp3) is 0.417. The first-order chi connectivity index (χ1) is 6.16. The number of carbonyl (C=O) groups excluding carboxylic acids is 1. The second-order valence-corrected chi connectivity index (χ2v) is 3.11. The predicted octanol–water partition coefficient (Wildman–Crippen LogP) is 3.37. The number of rotatable bonds is 2. The Morgan fingerprint density at radius 3 is 1.92 bits per heavy atom. The average molecular weight is 178 g/mol. The van der Waals surface area contributed by atoms with Gasteiger partial charge in [-0.05, 0) is 20.3 Å². The molecule has 0 aliphatic carbocycles. The van der Waals surface area contributed by atoms with Crippen LogP contribution in [0.5, 0.6) is 0 Å². The second kappa shape index (κ2) is 7.53. The molecule has 0 aromatic heterocycles. The van der Waals surface area contributed by atoms with Crippen LogP contribution in [0.1, 0.15) is 32.3 Å². The third-order valence-corrected chi connectivity index (χ3v) is 1.54. The number of hydrogen-bond acceptors (Lipinski definition) is 1. The lowest BCUT2D eigenvalue weighted by Gasteiger charge is -1.82. The van der Waals surface area contributed by atoms with Crippen LogP contribution >= 0.6 is 0 Å². The van der Waals surface area contributed by atoms with Gasteiger partial charge >= 0.3 is 0 Å². The van der Waals surface area contributed by atoms with E-state index in [-0.39, 0.29) is 5.78 Å². The topological polar surface area (TPSA) is 17.1 Å². The van der Waals surface area contributed by atoms with Crippen molar-refractivity contribution in [3.05, 3.63) is 35.9 Å². The lowest BCUT2D eigenvalue weighted by Crippen LogP contribution is -1.84. The second-order valence-electron chi connectivity index (χ2n) is 3.11. The number of carbonyl (C=O) groups is 1. The van der Waals surface area contributed by atoms with Gasteiger partial charge in [-0.15, -0.1) is 0 Å². The molecule has 0 saturated heterocycles. The summed E-state index contributed by atoms with van der Waals surface area (Å²) in [6.45, 7) is 5.70. The smallest absolute Gasteiger partial charge is 0.129 e. The van der Waals surface area contributed by atoms with E-state index in [0.29, 0.717) is 0 Å². The quantitative estimate of drug-likeness (QED) is 0.678. The van der Waals surface area contributed by atoms with E-state index in [4.69, 9.17) is 0 Å². The van der Waals surface area contributed by atoms with Crippen molar-refractivity contribution in [2.24, 2.45) is 0 Å². The van der Waals surface area contributed by atoms with Gasteiger partial charge in [0.25, 0.3) is 0 Å². The largest absolute Gasteiger partial charge is 0.300 e. The molecule has 0 spiro atoms. The molecular formula is C12H18O. The number of ketones is 1. The normalized spacial score (nSPS) is 8.54. The van der Waals surface area contributed by atoms with E-state index < -0.39 is 0 Å². The van der Waals surface area contributed by atoms with Crippen molar-refractivity contribution >= 4 is 5.78 Å². The highest BCUT2D eigenvalue weighted by Gasteiger charge is 1.83. The summed E-state index contributed by atoms with van der Waals surface area (Å²) in [6.07, 6.45) is 1.72. The Bertz CT molecular complexity index is 226. The molecule has 0 heterocycles. The molecule has 0 fully saturated rings. The van der Waals surface area contributed by atoms with Crippen molar-refractivity contribution in [2.45, 2.75) is 33.6 Å². The Morgan fingerprint density at radius 2 is 1.77 bits per heavy atom. The molecule has 1 aromatic rings. The molecular weight excluding hydrogens is 160 g/mol. The first kappa shape index (κ1) is 11.9. The molecule has 0 aliphatic heterocycles. The zero-order valence-corrected chi connectivity index (χ0v) is 8.71. The summed E-state index contributed by atoms with van der Waals surface area (Å²) in [5, 5.41) is 0. The molecule has 1 nitrogen and oxygen atoms in total. The summed E-state index contributed by atoms with van der Waals surface area (Å²) in [4.78, 5) is 10.0. The molecule has 1 heteroatoms. The van der Waals surface area contributed by atoms with Gasteiger partial charge in [0.05, 0.1) is 0 Å². The van der Waals surface area contributed by atoms with Gasteiger partial charge < -0.3 is 4.79 Å². The van der Waals surface area contributed by atoms with Gasteiger partial charge in [-0.1, -0.05) is 42.8 Å².